The van der Waals surface area contributed by atoms with Crippen molar-refractivity contribution in [3.8, 4) is 0 Å². The molecule has 0 heterocycles. The maximum Gasteiger partial charge on any atom is 0.0727 e. The number of benzene rings is 1. The van der Waals surface area contributed by atoms with Crippen molar-refractivity contribution < 1.29 is 9.84 Å². The molecule has 0 radical (unpaired) electrons. The zero-order valence-electron chi connectivity index (χ0n) is 8.46. The van der Waals surface area contributed by atoms with Crippen LogP contribution in [0.4, 0.5) is 0 Å². The van der Waals surface area contributed by atoms with Gasteiger partial charge in [-0.15, -0.1) is 0 Å². The van der Waals surface area contributed by atoms with Crippen molar-refractivity contribution in [1.82, 2.24) is 0 Å². The quantitative estimate of drug-likeness (QED) is 0.834. The highest BCUT2D eigenvalue weighted by Crippen LogP contribution is 2.19. The minimum absolute atomic E-state index is 0.334. The van der Waals surface area contributed by atoms with Crippen molar-refractivity contribution in [1.29, 1.82) is 0 Å². The largest absolute Gasteiger partial charge is 0.393 e. The molecule has 0 saturated carbocycles. The van der Waals surface area contributed by atoms with Crippen LogP contribution in [0.15, 0.2) is 18.2 Å². The van der Waals surface area contributed by atoms with E-state index in [9.17, 15) is 5.11 Å². The molecule has 1 aromatic carbocycles. The normalized spacial score (nSPS) is 12.9. The van der Waals surface area contributed by atoms with Gasteiger partial charge in [-0.25, -0.2) is 0 Å². The van der Waals surface area contributed by atoms with Gasteiger partial charge < -0.3 is 9.84 Å². The molecular weight excluding hydrogens is 200 g/mol. The highest BCUT2D eigenvalue weighted by atomic mass is 35.5. The van der Waals surface area contributed by atoms with E-state index in [1.54, 1.807) is 14.0 Å². The van der Waals surface area contributed by atoms with E-state index in [-0.39, 0.29) is 6.10 Å². The zero-order valence-corrected chi connectivity index (χ0v) is 9.21. The first-order chi connectivity index (χ1) is 6.63. The maximum absolute atomic E-state index is 9.20. The lowest BCUT2D eigenvalue weighted by molar-refractivity contribution is 0.185. The van der Waals surface area contributed by atoms with Crippen LogP contribution in [0.1, 0.15) is 18.1 Å². The molecule has 0 bridgehead atoms. The lowest BCUT2D eigenvalue weighted by Gasteiger charge is -2.07. The van der Waals surface area contributed by atoms with Gasteiger partial charge in [-0.3, -0.25) is 0 Å². The van der Waals surface area contributed by atoms with E-state index in [1.807, 2.05) is 18.2 Å². The van der Waals surface area contributed by atoms with Gasteiger partial charge in [-0.2, -0.15) is 0 Å². The second kappa shape index (κ2) is 5.35. The minimum atomic E-state index is -0.334. The van der Waals surface area contributed by atoms with Gasteiger partial charge in [-0.05, 0) is 30.5 Å². The Morgan fingerprint density at radius 2 is 2.21 bits per heavy atom. The average molecular weight is 215 g/mol. The predicted octanol–water partition coefficient (Wildman–Crippen LogP) is 2.41. The molecule has 0 fully saturated rings. The monoisotopic (exact) mass is 214 g/mol. The van der Waals surface area contributed by atoms with Gasteiger partial charge in [0.15, 0.2) is 0 Å². The predicted molar refractivity (Wildman–Crippen MR) is 57.5 cm³/mol. The van der Waals surface area contributed by atoms with Crippen LogP contribution in [0.2, 0.25) is 5.02 Å². The van der Waals surface area contributed by atoms with E-state index in [0.717, 1.165) is 11.1 Å². The highest BCUT2D eigenvalue weighted by molar-refractivity contribution is 6.31. The summed E-state index contributed by atoms with van der Waals surface area (Å²) in [6, 6.07) is 5.78. The molecule has 0 aliphatic carbocycles. The van der Waals surface area contributed by atoms with Crippen LogP contribution in [0.3, 0.4) is 0 Å². The van der Waals surface area contributed by atoms with E-state index in [4.69, 9.17) is 16.3 Å². The summed E-state index contributed by atoms with van der Waals surface area (Å²) in [6.07, 6.45) is 0.298. The van der Waals surface area contributed by atoms with Gasteiger partial charge in [0.1, 0.15) is 0 Å². The van der Waals surface area contributed by atoms with Crippen molar-refractivity contribution in [2.75, 3.05) is 7.11 Å². The summed E-state index contributed by atoms with van der Waals surface area (Å²) in [5.74, 6) is 0. The van der Waals surface area contributed by atoms with Crippen molar-refractivity contribution in [3.63, 3.8) is 0 Å². The van der Waals surface area contributed by atoms with Crippen LogP contribution in [0.25, 0.3) is 0 Å². The Morgan fingerprint density at radius 3 is 2.71 bits per heavy atom. The molecule has 0 spiro atoms. The van der Waals surface area contributed by atoms with E-state index in [2.05, 4.69) is 0 Å². The Morgan fingerprint density at radius 1 is 1.50 bits per heavy atom. The van der Waals surface area contributed by atoms with Gasteiger partial charge in [0.2, 0.25) is 0 Å². The van der Waals surface area contributed by atoms with Gasteiger partial charge >= 0.3 is 0 Å². The second-order valence-corrected chi connectivity index (χ2v) is 3.82. The van der Waals surface area contributed by atoms with Gasteiger partial charge in [0.25, 0.3) is 0 Å². The molecule has 1 unspecified atom stereocenters. The van der Waals surface area contributed by atoms with Gasteiger partial charge in [0.05, 0.1) is 12.7 Å². The first-order valence-corrected chi connectivity index (χ1v) is 4.95. The molecule has 0 aromatic heterocycles. The molecule has 14 heavy (non-hydrogen) atoms. The molecule has 3 heteroatoms. The molecule has 1 atom stereocenters. The maximum atomic E-state index is 9.20. The summed E-state index contributed by atoms with van der Waals surface area (Å²) >= 11 is 6.03. The van der Waals surface area contributed by atoms with Crippen molar-refractivity contribution in [2.45, 2.75) is 26.1 Å². The molecule has 0 aliphatic rings. The van der Waals surface area contributed by atoms with Gasteiger partial charge in [-0.1, -0.05) is 23.7 Å². The molecule has 2 nitrogen and oxygen atoms in total. The third kappa shape index (κ3) is 3.29. The fourth-order valence-electron chi connectivity index (χ4n) is 1.33. The minimum Gasteiger partial charge on any atom is -0.393 e. The van der Waals surface area contributed by atoms with Crippen LogP contribution < -0.4 is 0 Å². The summed E-state index contributed by atoms with van der Waals surface area (Å²) in [7, 11) is 1.64. The number of hydrogen-bond donors (Lipinski definition) is 1. The van der Waals surface area contributed by atoms with E-state index in [1.165, 1.54) is 0 Å². The van der Waals surface area contributed by atoms with Crippen LogP contribution in [0.5, 0.6) is 0 Å². The SMILES string of the molecule is COCc1ccc(CC(C)O)cc1Cl. The standard InChI is InChI=1S/C11H15ClO2/c1-8(13)5-9-3-4-10(7-14-2)11(12)6-9/h3-4,6,8,13H,5,7H2,1-2H3. The van der Waals surface area contributed by atoms with Crippen molar-refractivity contribution in [2.24, 2.45) is 0 Å². The topological polar surface area (TPSA) is 29.5 Å². The number of hydrogen-bond acceptors (Lipinski definition) is 2. The molecule has 1 N–H and O–H groups in total. The lowest BCUT2D eigenvalue weighted by atomic mass is 10.1. The number of aliphatic hydroxyl groups is 1. The number of ether oxygens (including phenoxy) is 1. The number of aliphatic hydroxyl groups excluding tert-OH is 1. The summed E-state index contributed by atoms with van der Waals surface area (Å²) in [5, 5.41) is 9.90. The van der Waals surface area contributed by atoms with E-state index in [0.29, 0.717) is 18.1 Å². The molecule has 0 amide bonds. The van der Waals surface area contributed by atoms with Crippen LogP contribution in [-0.2, 0) is 17.8 Å². The molecular formula is C11H15ClO2. The summed E-state index contributed by atoms with van der Waals surface area (Å²) in [6.45, 7) is 2.28. The molecule has 1 rings (SSSR count). The number of halogens is 1. The molecule has 78 valence electrons. The smallest absolute Gasteiger partial charge is 0.0727 e. The van der Waals surface area contributed by atoms with Crippen LogP contribution in [0, 0.1) is 0 Å². The highest BCUT2D eigenvalue weighted by Gasteiger charge is 2.03. The lowest BCUT2D eigenvalue weighted by Crippen LogP contribution is -2.04. The number of rotatable bonds is 4. The fraction of sp³-hybridized carbons (Fsp3) is 0.455. The van der Waals surface area contributed by atoms with E-state index >= 15 is 0 Å². The Labute approximate surface area is 89.5 Å². The van der Waals surface area contributed by atoms with E-state index < -0.39 is 0 Å². The summed E-state index contributed by atoms with van der Waals surface area (Å²) in [5.41, 5.74) is 2.02. The summed E-state index contributed by atoms with van der Waals surface area (Å²) < 4.78 is 5.00. The van der Waals surface area contributed by atoms with Crippen LogP contribution >= 0.6 is 11.6 Å². The molecule has 0 saturated heterocycles. The Balaban J connectivity index is 2.78. The van der Waals surface area contributed by atoms with Crippen molar-refractivity contribution in [3.05, 3.63) is 34.3 Å². The fourth-order valence-corrected chi connectivity index (χ4v) is 1.59. The van der Waals surface area contributed by atoms with Crippen LogP contribution in [-0.4, -0.2) is 18.3 Å². The third-order valence-electron chi connectivity index (χ3n) is 1.95. The second-order valence-electron chi connectivity index (χ2n) is 3.41. The van der Waals surface area contributed by atoms with Gasteiger partial charge in [0, 0.05) is 12.1 Å². The molecule has 0 aliphatic heterocycles. The zero-order chi connectivity index (χ0) is 10.6. The first kappa shape index (κ1) is 11.5. The third-order valence-corrected chi connectivity index (χ3v) is 2.30. The molecule has 1 aromatic rings. The Bertz CT molecular complexity index is 297. The average Bonchev–Trinajstić information content (AvgIpc) is 2.09. The number of methoxy groups -OCH3 is 1. The van der Waals surface area contributed by atoms with Crippen molar-refractivity contribution >= 4 is 11.6 Å². The summed E-state index contributed by atoms with van der Waals surface area (Å²) in [4.78, 5) is 0. The first-order valence-electron chi connectivity index (χ1n) is 4.57. The Kier molecular flexibility index (Phi) is 4.39. The Hall–Kier alpha value is -0.570.